The molecule has 0 radical (unpaired) electrons. The van der Waals surface area contributed by atoms with Gasteiger partial charge in [0.05, 0.1) is 0 Å². The highest BCUT2D eigenvalue weighted by Gasteiger charge is 2.16. The summed E-state index contributed by atoms with van der Waals surface area (Å²) in [5, 5.41) is 0. The number of hydrogen-bond donors (Lipinski definition) is 1. The van der Waals surface area contributed by atoms with Crippen LogP contribution < -0.4 is 15.2 Å². The van der Waals surface area contributed by atoms with Crippen molar-refractivity contribution in [3.63, 3.8) is 0 Å². The molecule has 1 unspecified atom stereocenters. The second-order valence-electron chi connectivity index (χ2n) is 4.70. The second kappa shape index (κ2) is 6.07. The van der Waals surface area contributed by atoms with Crippen LogP contribution in [0.25, 0.3) is 0 Å². The van der Waals surface area contributed by atoms with Gasteiger partial charge in [0.25, 0.3) is 0 Å². The molecule has 100 valence electrons. The van der Waals surface area contributed by atoms with Crippen LogP contribution in [0, 0.1) is 0 Å². The molecule has 0 amide bonds. The number of nitrogens with two attached hydrogens (primary N) is 1. The van der Waals surface area contributed by atoms with Crippen LogP contribution in [-0.4, -0.2) is 30.8 Å². The molecule has 18 heavy (non-hydrogen) atoms. The third-order valence-electron chi connectivity index (χ3n) is 3.45. The van der Waals surface area contributed by atoms with Crippen molar-refractivity contribution >= 4 is 0 Å². The van der Waals surface area contributed by atoms with Crippen molar-refractivity contribution < 1.29 is 9.47 Å². The van der Waals surface area contributed by atoms with Gasteiger partial charge in [0.1, 0.15) is 0 Å². The van der Waals surface area contributed by atoms with E-state index in [1.807, 2.05) is 6.07 Å². The van der Waals surface area contributed by atoms with Gasteiger partial charge in [-0.1, -0.05) is 13.0 Å². The van der Waals surface area contributed by atoms with Crippen LogP contribution in [0.1, 0.15) is 25.8 Å². The molecule has 2 N–H and O–H groups in total. The van der Waals surface area contributed by atoms with Crippen LogP contribution in [0.3, 0.4) is 0 Å². The fourth-order valence-electron chi connectivity index (χ4n) is 2.15. The van der Waals surface area contributed by atoms with Crippen LogP contribution in [0.5, 0.6) is 11.5 Å². The molecular weight excluding hydrogens is 228 g/mol. The maximum atomic E-state index is 5.68. The van der Waals surface area contributed by atoms with Gasteiger partial charge in [0, 0.05) is 25.7 Å². The van der Waals surface area contributed by atoms with Gasteiger partial charge in [-0.05, 0) is 31.0 Å². The Kier molecular flexibility index (Phi) is 4.44. The minimum atomic E-state index is 0.330. The van der Waals surface area contributed by atoms with E-state index in [2.05, 4.69) is 30.9 Å². The number of nitrogens with zero attached hydrogens (tertiary/aromatic N) is 1. The molecule has 1 aromatic rings. The third-order valence-corrected chi connectivity index (χ3v) is 3.45. The van der Waals surface area contributed by atoms with E-state index in [9.17, 15) is 0 Å². The molecule has 1 aliphatic rings. The topological polar surface area (TPSA) is 47.7 Å². The van der Waals surface area contributed by atoms with Crippen molar-refractivity contribution in [2.45, 2.75) is 32.9 Å². The molecule has 1 aliphatic heterocycles. The van der Waals surface area contributed by atoms with Gasteiger partial charge >= 0.3 is 0 Å². The summed E-state index contributed by atoms with van der Waals surface area (Å²) < 4.78 is 10.7. The Morgan fingerprint density at radius 3 is 2.83 bits per heavy atom. The number of benzene rings is 1. The summed E-state index contributed by atoms with van der Waals surface area (Å²) in [5.74, 6) is 1.69. The van der Waals surface area contributed by atoms with Crippen LogP contribution in [0.4, 0.5) is 0 Å². The summed E-state index contributed by atoms with van der Waals surface area (Å²) >= 11 is 0. The fraction of sp³-hybridized carbons (Fsp3) is 0.571. The van der Waals surface area contributed by atoms with E-state index in [0.717, 1.165) is 31.0 Å². The van der Waals surface area contributed by atoms with E-state index in [4.69, 9.17) is 15.2 Å². The number of fused-ring (bicyclic) bond motifs is 1. The Morgan fingerprint density at radius 2 is 2.11 bits per heavy atom. The lowest BCUT2D eigenvalue weighted by molar-refractivity contribution is 0.173. The van der Waals surface area contributed by atoms with Gasteiger partial charge in [-0.15, -0.1) is 0 Å². The van der Waals surface area contributed by atoms with Crippen molar-refractivity contribution in [1.82, 2.24) is 4.90 Å². The summed E-state index contributed by atoms with van der Waals surface area (Å²) in [6, 6.07) is 6.68. The highest BCUT2D eigenvalue weighted by Crippen LogP contribution is 2.32. The van der Waals surface area contributed by atoms with E-state index in [-0.39, 0.29) is 0 Å². The van der Waals surface area contributed by atoms with Crippen molar-refractivity contribution in [3.05, 3.63) is 23.8 Å². The predicted octanol–water partition coefficient (Wildman–Crippen LogP) is 1.97. The minimum absolute atomic E-state index is 0.330. The number of rotatable bonds is 6. The standard InChI is InChI=1S/C14H22N2O2/c1-3-11(2)16(7-6-15)9-12-4-5-13-14(8-12)18-10-17-13/h4-5,8,11H,3,6-7,9-10,15H2,1-2H3. The molecule has 1 heterocycles. The quantitative estimate of drug-likeness (QED) is 0.838. The molecule has 4 nitrogen and oxygen atoms in total. The molecule has 0 saturated carbocycles. The largest absolute Gasteiger partial charge is 0.454 e. The van der Waals surface area contributed by atoms with E-state index in [1.165, 1.54) is 5.56 Å². The number of hydrogen-bond acceptors (Lipinski definition) is 4. The summed E-state index contributed by atoms with van der Waals surface area (Å²) in [6.45, 7) is 7.29. The zero-order valence-electron chi connectivity index (χ0n) is 11.2. The Bertz CT molecular complexity index is 395. The van der Waals surface area contributed by atoms with Gasteiger partial charge in [-0.2, -0.15) is 0 Å². The first-order valence-corrected chi connectivity index (χ1v) is 6.57. The van der Waals surface area contributed by atoms with Gasteiger partial charge < -0.3 is 15.2 Å². The first-order chi connectivity index (χ1) is 8.74. The molecule has 1 atom stereocenters. The molecule has 0 saturated heterocycles. The maximum Gasteiger partial charge on any atom is 0.231 e. The van der Waals surface area contributed by atoms with Gasteiger partial charge in [-0.3, -0.25) is 4.90 Å². The minimum Gasteiger partial charge on any atom is -0.454 e. The van der Waals surface area contributed by atoms with Crippen LogP contribution in [0.2, 0.25) is 0 Å². The van der Waals surface area contributed by atoms with Crippen molar-refractivity contribution in [1.29, 1.82) is 0 Å². The van der Waals surface area contributed by atoms with Crippen LogP contribution in [-0.2, 0) is 6.54 Å². The molecule has 0 spiro atoms. The smallest absolute Gasteiger partial charge is 0.231 e. The molecule has 0 aromatic heterocycles. The average molecular weight is 250 g/mol. The van der Waals surface area contributed by atoms with E-state index in [0.29, 0.717) is 19.4 Å². The Labute approximate surface area is 109 Å². The molecule has 2 rings (SSSR count). The lowest BCUT2D eigenvalue weighted by Crippen LogP contribution is -2.36. The second-order valence-corrected chi connectivity index (χ2v) is 4.70. The van der Waals surface area contributed by atoms with Gasteiger partial charge in [0.2, 0.25) is 6.79 Å². The molecule has 4 heteroatoms. The first-order valence-electron chi connectivity index (χ1n) is 6.57. The highest BCUT2D eigenvalue weighted by molar-refractivity contribution is 5.44. The SMILES string of the molecule is CCC(C)N(CCN)Cc1ccc2c(c1)OCO2. The summed E-state index contributed by atoms with van der Waals surface area (Å²) in [5.41, 5.74) is 6.92. The highest BCUT2D eigenvalue weighted by atomic mass is 16.7. The van der Waals surface area contributed by atoms with Crippen molar-refractivity contribution in [2.24, 2.45) is 5.73 Å². The lowest BCUT2D eigenvalue weighted by atomic mass is 10.1. The molecule has 1 aromatic carbocycles. The van der Waals surface area contributed by atoms with Gasteiger partial charge in [-0.25, -0.2) is 0 Å². The van der Waals surface area contributed by atoms with Gasteiger partial charge in [0.15, 0.2) is 11.5 Å². The monoisotopic (exact) mass is 250 g/mol. The Morgan fingerprint density at radius 1 is 1.33 bits per heavy atom. The predicted molar refractivity (Wildman–Crippen MR) is 71.8 cm³/mol. The van der Waals surface area contributed by atoms with Crippen molar-refractivity contribution in [2.75, 3.05) is 19.9 Å². The van der Waals surface area contributed by atoms with Crippen molar-refractivity contribution in [3.8, 4) is 11.5 Å². The Hall–Kier alpha value is -1.26. The molecule has 0 fully saturated rings. The molecule has 0 bridgehead atoms. The first kappa shape index (κ1) is 13.2. The zero-order valence-corrected chi connectivity index (χ0v) is 11.2. The third kappa shape index (κ3) is 2.94. The summed E-state index contributed by atoms with van der Waals surface area (Å²) in [7, 11) is 0. The lowest BCUT2D eigenvalue weighted by Gasteiger charge is -2.28. The maximum absolute atomic E-state index is 5.68. The number of ether oxygens (including phenoxy) is 2. The molecular formula is C14H22N2O2. The van der Waals surface area contributed by atoms with Crippen LogP contribution >= 0.6 is 0 Å². The summed E-state index contributed by atoms with van der Waals surface area (Å²) in [6.07, 6.45) is 1.13. The average Bonchev–Trinajstić information content (AvgIpc) is 2.84. The van der Waals surface area contributed by atoms with E-state index < -0.39 is 0 Å². The zero-order chi connectivity index (χ0) is 13.0. The van der Waals surface area contributed by atoms with Crippen LogP contribution in [0.15, 0.2) is 18.2 Å². The van der Waals surface area contributed by atoms with E-state index in [1.54, 1.807) is 0 Å². The normalized spacial score (nSPS) is 15.1. The van der Waals surface area contributed by atoms with E-state index >= 15 is 0 Å². The summed E-state index contributed by atoms with van der Waals surface area (Å²) in [4.78, 5) is 2.40. The molecule has 0 aliphatic carbocycles. The fourth-order valence-corrected chi connectivity index (χ4v) is 2.15. The Balaban J connectivity index is 2.06.